The molecule has 336 valence electrons. The molecule has 2 aliphatic rings. The standard InChI is InChI=1S/C66H43BN2O2Si/c1-4-22-45(23-5-1)72(46-24-6-2-7-25-46,47-26-8-3-9-27-47)48-28-20-21-44(41-48)53-42-55-64(43-61(53)69-58-36-17-12-31-51(58)52-32-13-18-37-59(52)69)71-66-60(39-40-63-65(66)67(55)54-33-14-19-38-62(54)70-63)68-56-34-15-10-29-49(56)50-30-11-16-35-57(50)68/h1-43H. The second-order valence-electron chi connectivity index (χ2n) is 19.1. The SMILES string of the molecule is c1ccc([Si](c2ccccc2)(c2ccccc2)c2cccc(-c3cc4c(cc3-n3c5ccccc5c5ccccc53)Oc3c(-n5c6ccccc6c6ccccc65)ccc5c3B4c3ccccc3O5)c2)cc1. The van der Waals surface area contributed by atoms with Crippen LogP contribution in [0.15, 0.2) is 261 Å². The number of benzene rings is 11. The summed E-state index contributed by atoms with van der Waals surface area (Å²) in [5, 5.41) is 10.1. The van der Waals surface area contributed by atoms with E-state index in [0.29, 0.717) is 0 Å². The Morgan fingerprint density at radius 1 is 0.319 bits per heavy atom. The van der Waals surface area contributed by atoms with E-state index in [9.17, 15) is 0 Å². The summed E-state index contributed by atoms with van der Waals surface area (Å²) in [4.78, 5) is 0. The van der Waals surface area contributed by atoms with Crippen LogP contribution in [0.2, 0.25) is 0 Å². The molecule has 0 saturated heterocycles. The van der Waals surface area contributed by atoms with Gasteiger partial charge in [-0.1, -0.05) is 212 Å². The Balaban J connectivity index is 1.04. The number of fused-ring (bicyclic) bond motifs is 10. The van der Waals surface area contributed by atoms with Gasteiger partial charge in [-0.15, -0.1) is 0 Å². The van der Waals surface area contributed by atoms with Gasteiger partial charge in [0, 0.05) is 38.6 Å². The molecular formula is C66H43BN2O2Si. The highest BCUT2D eigenvalue weighted by molar-refractivity contribution is 7.20. The van der Waals surface area contributed by atoms with Crippen LogP contribution in [0.3, 0.4) is 0 Å². The number of rotatable bonds is 7. The van der Waals surface area contributed by atoms with Gasteiger partial charge in [0.1, 0.15) is 23.0 Å². The molecule has 0 spiro atoms. The van der Waals surface area contributed by atoms with Crippen LogP contribution in [-0.4, -0.2) is 23.9 Å². The molecular weight excluding hydrogens is 892 g/mol. The van der Waals surface area contributed by atoms with Crippen molar-refractivity contribution in [2.45, 2.75) is 0 Å². The van der Waals surface area contributed by atoms with E-state index in [4.69, 9.17) is 9.47 Å². The van der Waals surface area contributed by atoms with Crippen molar-refractivity contribution in [1.29, 1.82) is 0 Å². The number of ether oxygens (including phenoxy) is 2. The van der Waals surface area contributed by atoms with Crippen molar-refractivity contribution in [3.05, 3.63) is 261 Å². The molecule has 0 unspecified atom stereocenters. The molecule has 0 amide bonds. The second kappa shape index (κ2) is 16.0. The highest BCUT2D eigenvalue weighted by Crippen LogP contribution is 2.44. The van der Waals surface area contributed by atoms with Crippen molar-refractivity contribution in [2.75, 3.05) is 0 Å². The molecule has 15 rings (SSSR count). The minimum Gasteiger partial charge on any atom is -0.458 e. The Morgan fingerprint density at radius 3 is 1.35 bits per heavy atom. The summed E-state index contributed by atoms with van der Waals surface area (Å²) in [6, 6.07) is 95.7. The molecule has 4 heterocycles. The van der Waals surface area contributed by atoms with E-state index in [1.54, 1.807) is 0 Å². The average Bonchev–Trinajstić information content (AvgIpc) is 3.97. The second-order valence-corrected chi connectivity index (χ2v) is 22.9. The maximum Gasteiger partial charge on any atom is 0.260 e. The summed E-state index contributed by atoms with van der Waals surface area (Å²) in [6.45, 7) is -0.183. The lowest BCUT2D eigenvalue weighted by Gasteiger charge is -2.35. The van der Waals surface area contributed by atoms with Gasteiger partial charge in [0.2, 0.25) is 0 Å². The minimum absolute atomic E-state index is 0.183. The molecule has 11 aromatic carbocycles. The van der Waals surface area contributed by atoms with Crippen LogP contribution in [0.4, 0.5) is 0 Å². The lowest BCUT2D eigenvalue weighted by atomic mass is 9.34. The number of nitrogens with zero attached hydrogens (tertiary/aromatic N) is 2. The van der Waals surface area contributed by atoms with Gasteiger partial charge in [-0.2, -0.15) is 0 Å². The van der Waals surface area contributed by atoms with Gasteiger partial charge >= 0.3 is 0 Å². The van der Waals surface area contributed by atoms with E-state index in [0.717, 1.165) is 84.0 Å². The number of para-hydroxylation sites is 5. The minimum atomic E-state index is -2.90. The van der Waals surface area contributed by atoms with E-state index in [1.807, 2.05) is 0 Å². The summed E-state index contributed by atoms with van der Waals surface area (Å²) in [6.07, 6.45) is 0. The first-order chi connectivity index (χ1) is 35.7. The predicted molar refractivity (Wildman–Crippen MR) is 302 cm³/mol. The third-order valence-corrected chi connectivity index (χ3v) is 20.2. The number of aromatic nitrogens is 2. The maximum absolute atomic E-state index is 7.59. The molecule has 13 aromatic rings. The van der Waals surface area contributed by atoms with E-state index in [-0.39, 0.29) is 6.71 Å². The predicted octanol–water partition coefficient (Wildman–Crippen LogP) is 11.7. The smallest absolute Gasteiger partial charge is 0.260 e. The molecule has 0 radical (unpaired) electrons. The molecule has 2 aliphatic heterocycles. The summed E-state index contributed by atoms with van der Waals surface area (Å²) >= 11 is 0. The first-order valence-corrected chi connectivity index (χ1v) is 26.8. The Labute approximate surface area is 418 Å². The van der Waals surface area contributed by atoms with Crippen LogP contribution in [0.1, 0.15) is 0 Å². The fraction of sp³-hybridized carbons (Fsp3) is 0. The first kappa shape index (κ1) is 40.8. The van der Waals surface area contributed by atoms with Crippen LogP contribution < -0.4 is 46.6 Å². The first-order valence-electron chi connectivity index (χ1n) is 24.8. The van der Waals surface area contributed by atoms with Crippen LogP contribution in [0, 0.1) is 0 Å². The number of hydrogen-bond acceptors (Lipinski definition) is 2. The van der Waals surface area contributed by atoms with Crippen molar-refractivity contribution < 1.29 is 9.47 Å². The van der Waals surface area contributed by atoms with Crippen molar-refractivity contribution >= 4 is 95.5 Å². The van der Waals surface area contributed by atoms with Crippen molar-refractivity contribution in [1.82, 2.24) is 9.13 Å². The van der Waals surface area contributed by atoms with Gasteiger partial charge in [0.15, 0.2) is 8.07 Å². The molecule has 0 aliphatic carbocycles. The molecule has 0 bridgehead atoms. The van der Waals surface area contributed by atoms with Crippen LogP contribution in [0.25, 0.3) is 66.1 Å². The zero-order valence-corrected chi connectivity index (χ0v) is 40.1. The van der Waals surface area contributed by atoms with E-state index < -0.39 is 8.07 Å². The van der Waals surface area contributed by atoms with Gasteiger partial charge in [0.25, 0.3) is 6.71 Å². The zero-order chi connectivity index (χ0) is 47.3. The lowest BCUT2D eigenvalue weighted by molar-refractivity contribution is 0.463. The molecule has 0 atom stereocenters. The van der Waals surface area contributed by atoms with E-state index >= 15 is 0 Å². The van der Waals surface area contributed by atoms with Crippen molar-refractivity contribution in [3.63, 3.8) is 0 Å². The lowest BCUT2D eigenvalue weighted by Crippen LogP contribution is -2.74. The fourth-order valence-corrected chi connectivity index (χ4v) is 17.2. The van der Waals surface area contributed by atoms with Gasteiger partial charge in [-0.25, -0.2) is 0 Å². The highest BCUT2D eigenvalue weighted by atomic mass is 28.3. The van der Waals surface area contributed by atoms with Crippen LogP contribution in [-0.2, 0) is 0 Å². The quantitative estimate of drug-likeness (QED) is 0.118. The molecule has 6 heteroatoms. The van der Waals surface area contributed by atoms with Gasteiger partial charge in [0.05, 0.1) is 33.4 Å². The van der Waals surface area contributed by atoms with Gasteiger partial charge in [-0.05, 0) is 79.7 Å². The Bertz CT molecular complexity index is 4090. The molecule has 72 heavy (non-hydrogen) atoms. The van der Waals surface area contributed by atoms with Gasteiger partial charge < -0.3 is 18.6 Å². The largest absolute Gasteiger partial charge is 0.458 e. The Hall–Kier alpha value is -9.10. The third-order valence-electron chi connectivity index (χ3n) is 15.4. The molecule has 0 fully saturated rings. The van der Waals surface area contributed by atoms with Crippen LogP contribution >= 0.6 is 0 Å². The summed E-state index contributed by atoms with van der Waals surface area (Å²) < 4.78 is 19.3. The highest BCUT2D eigenvalue weighted by Gasteiger charge is 2.44. The summed E-state index contributed by atoms with van der Waals surface area (Å²) in [7, 11) is -2.90. The van der Waals surface area contributed by atoms with Gasteiger partial charge in [-0.3, -0.25) is 0 Å². The molecule has 4 nitrogen and oxygen atoms in total. The van der Waals surface area contributed by atoms with E-state index in [2.05, 4.69) is 270 Å². The zero-order valence-electron chi connectivity index (χ0n) is 39.1. The Kier molecular flexibility index (Phi) is 9.04. The number of hydrogen-bond donors (Lipinski definition) is 0. The van der Waals surface area contributed by atoms with Crippen LogP contribution in [0.5, 0.6) is 23.0 Å². The van der Waals surface area contributed by atoms with Crippen molar-refractivity contribution in [2.24, 2.45) is 0 Å². The summed E-state index contributed by atoms with van der Waals surface area (Å²) in [5.41, 5.74) is 12.1. The maximum atomic E-state index is 7.59. The molecule has 2 aromatic heterocycles. The monoisotopic (exact) mass is 934 g/mol. The van der Waals surface area contributed by atoms with Crippen molar-refractivity contribution in [3.8, 4) is 45.5 Å². The molecule has 0 N–H and O–H groups in total. The third kappa shape index (κ3) is 5.87. The van der Waals surface area contributed by atoms with E-state index in [1.165, 1.54) is 42.3 Å². The normalized spacial score (nSPS) is 12.6. The molecule has 0 saturated carbocycles. The Morgan fingerprint density at radius 2 is 0.792 bits per heavy atom. The average molecular weight is 935 g/mol. The fourth-order valence-electron chi connectivity index (χ4n) is 12.4. The summed E-state index contributed by atoms with van der Waals surface area (Å²) in [5.74, 6) is 3.29. The topological polar surface area (TPSA) is 28.3 Å².